The van der Waals surface area contributed by atoms with Crippen molar-refractivity contribution < 1.29 is 4.79 Å². The van der Waals surface area contributed by atoms with Gasteiger partial charge >= 0.3 is 0 Å². The molecule has 0 spiro atoms. The third kappa shape index (κ3) is 5.15. The molecule has 0 unspecified atom stereocenters. The summed E-state index contributed by atoms with van der Waals surface area (Å²) in [6.07, 6.45) is 2.02. The summed E-state index contributed by atoms with van der Waals surface area (Å²) < 4.78 is 0. The Kier molecular flexibility index (Phi) is 6.32. The first-order chi connectivity index (χ1) is 12.8. The molecule has 0 atom stereocenters. The number of carbonyl (C=O) groups is 1. The summed E-state index contributed by atoms with van der Waals surface area (Å²) in [6, 6.07) is 29.4. The van der Waals surface area contributed by atoms with Crippen LogP contribution in [0.4, 0.5) is 5.69 Å². The highest BCUT2D eigenvalue weighted by Gasteiger charge is 2.08. The molecular weight excluding hydrogens is 320 g/mol. The maximum atomic E-state index is 12.3. The van der Waals surface area contributed by atoms with Gasteiger partial charge in [-0.2, -0.15) is 5.10 Å². The van der Waals surface area contributed by atoms with Gasteiger partial charge in [0, 0.05) is 12.0 Å². The molecule has 1 N–H and O–H groups in total. The predicted octanol–water partition coefficient (Wildman–Crippen LogP) is 5.56. The van der Waals surface area contributed by atoms with Gasteiger partial charge in [0.15, 0.2) is 5.78 Å². The number of hydrogen-bond donors (Lipinski definition) is 1. The van der Waals surface area contributed by atoms with E-state index in [1.165, 1.54) is 0 Å². The molecule has 0 fully saturated rings. The van der Waals surface area contributed by atoms with Crippen LogP contribution >= 0.6 is 0 Å². The quantitative estimate of drug-likeness (QED) is 0.331. The van der Waals surface area contributed by atoms with Crippen molar-refractivity contribution in [3.8, 4) is 0 Å². The Morgan fingerprint density at radius 2 is 1.23 bits per heavy atom. The molecule has 0 aromatic heterocycles. The zero-order chi connectivity index (χ0) is 18.0. The molecule has 3 heteroatoms. The number of ketones is 1. The van der Waals surface area contributed by atoms with E-state index in [-0.39, 0.29) is 5.78 Å². The Bertz CT molecular complexity index is 843. The third-order valence-electron chi connectivity index (χ3n) is 4.11. The van der Waals surface area contributed by atoms with E-state index in [9.17, 15) is 4.79 Å². The summed E-state index contributed by atoms with van der Waals surface area (Å²) >= 11 is 0. The Morgan fingerprint density at radius 3 is 1.85 bits per heavy atom. The summed E-state index contributed by atoms with van der Waals surface area (Å²) in [5, 5.41) is 4.59. The fraction of sp³-hybridized carbons (Fsp3) is 0.130. The zero-order valence-corrected chi connectivity index (χ0v) is 14.6. The molecule has 0 saturated carbocycles. The van der Waals surface area contributed by atoms with Gasteiger partial charge < -0.3 is 0 Å². The summed E-state index contributed by atoms with van der Waals surface area (Å²) in [5.74, 6) is 0.175. The third-order valence-corrected chi connectivity index (χ3v) is 4.11. The lowest BCUT2D eigenvalue weighted by atomic mass is 10.0. The SMILES string of the molecule is O=C(CCC/C(=N/Nc1ccccc1)c1ccccc1)c1ccccc1. The first-order valence-electron chi connectivity index (χ1n) is 8.84. The minimum Gasteiger partial charge on any atom is -0.294 e. The molecule has 0 heterocycles. The van der Waals surface area contributed by atoms with Gasteiger partial charge in [-0.3, -0.25) is 10.2 Å². The van der Waals surface area contributed by atoms with Crippen molar-refractivity contribution in [3.63, 3.8) is 0 Å². The molecule has 26 heavy (non-hydrogen) atoms. The van der Waals surface area contributed by atoms with Gasteiger partial charge in [0.05, 0.1) is 11.4 Å². The number of nitrogens with zero attached hydrogens (tertiary/aromatic N) is 1. The van der Waals surface area contributed by atoms with E-state index in [1.807, 2.05) is 91.0 Å². The van der Waals surface area contributed by atoms with Gasteiger partial charge in [-0.15, -0.1) is 0 Å². The van der Waals surface area contributed by atoms with Crippen molar-refractivity contribution in [2.24, 2.45) is 5.10 Å². The topological polar surface area (TPSA) is 41.5 Å². The smallest absolute Gasteiger partial charge is 0.162 e. The van der Waals surface area contributed by atoms with Crippen LogP contribution in [0.3, 0.4) is 0 Å². The molecule has 0 bridgehead atoms. The van der Waals surface area contributed by atoms with E-state index in [0.29, 0.717) is 6.42 Å². The first-order valence-corrected chi connectivity index (χ1v) is 8.84. The van der Waals surface area contributed by atoms with Crippen molar-refractivity contribution in [1.29, 1.82) is 0 Å². The van der Waals surface area contributed by atoms with Crippen molar-refractivity contribution in [1.82, 2.24) is 0 Å². The fourth-order valence-corrected chi connectivity index (χ4v) is 2.72. The van der Waals surface area contributed by atoms with Crippen LogP contribution < -0.4 is 5.43 Å². The highest BCUT2D eigenvalue weighted by atomic mass is 16.1. The number of benzene rings is 3. The molecule has 0 aliphatic carbocycles. The molecule has 3 aromatic carbocycles. The lowest BCUT2D eigenvalue weighted by molar-refractivity contribution is 0.0981. The van der Waals surface area contributed by atoms with E-state index < -0.39 is 0 Å². The van der Waals surface area contributed by atoms with Gasteiger partial charge in [-0.1, -0.05) is 78.9 Å². The van der Waals surface area contributed by atoms with E-state index >= 15 is 0 Å². The molecule has 3 nitrogen and oxygen atoms in total. The van der Waals surface area contributed by atoms with Crippen molar-refractivity contribution in [2.45, 2.75) is 19.3 Å². The van der Waals surface area contributed by atoms with Gasteiger partial charge in [0.1, 0.15) is 0 Å². The second-order valence-electron chi connectivity index (χ2n) is 6.05. The number of carbonyl (C=O) groups excluding carboxylic acids is 1. The summed E-state index contributed by atoms with van der Waals surface area (Å²) in [7, 11) is 0. The minimum absolute atomic E-state index is 0.175. The highest BCUT2D eigenvalue weighted by molar-refractivity contribution is 6.01. The Labute approximate surface area is 154 Å². The summed E-state index contributed by atoms with van der Waals surface area (Å²) in [6.45, 7) is 0. The summed E-state index contributed by atoms with van der Waals surface area (Å²) in [4.78, 5) is 12.3. The van der Waals surface area contributed by atoms with E-state index in [1.54, 1.807) is 0 Å². The van der Waals surface area contributed by atoms with Crippen LogP contribution in [-0.2, 0) is 0 Å². The van der Waals surface area contributed by atoms with Gasteiger partial charge in [-0.25, -0.2) is 0 Å². The molecule has 0 saturated heterocycles. The monoisotopic (exact) mass is 342 g/mol. The van der Waals surface area contributed by atoms with Crippen LogP contribution in [0, 0.1) is 0 Å². The number of rotatable bonds is 8. The van der Waals surface area contributed by atoms with Gasteiger partial charge in [-0.05, 0) is 30.5 Å². The van der Waals surface area contributed by atoms with Crippen molar-refractivity contribution >= 4 is 17.2 Å². The van der Waals surface area contributed by atoms with Crippen LogP contribution in [0.25, 0.3) is 0 Å². The van der Waals surface area contributed by atoms with Gasteiger partial charge in [0.25, 0.3) is 0 Å². The molecule has 0 amide bonds. The molecule has 3 rings (SSSR count). The van der Waals surface area contributed by atoms with Crippen LogP contribution in [0.1, 0.15) is 35.2 Å². The maximum Gasteiger partial charge on any atom is 0.162 e. The molecular formula is C23H22N2O. The molecule has 0 radical (unpaired) electrons. The largest absolute Gasteiger partial charge is 0.294 e. The number of nitrogens with one attached hydrogen (secondary N) is 1. The second kappa shape index (κ2) is 9.33. The standard InChI is InChI=1S/C23H22N2O/c26-23(20-13-6-2-7-14-20)18-10-17-22(19-11-4-1-5-12-19)25-24-21-15-8-3-9-16-21/h1-9,11-16,24H,10,17-18H2/b25-22-. The first kappa shape index (κ1) is 17.6. The van der Waals surface area contributed by atoms with Crippen molar-refractivity contribution in [2.75, 3.05) is 5.43 Å². The van der Waals surface area contributed by atoms with E-state index in [4.69, 9.17) is 0 Å². The van der Waals surface area contributed by atoms with Crippen LogP contribution in [0.2, 0.25) is 0 Å². The molecule has 0 aliphatic heterocycles. The normalized spacial score (nSPS) is 11.2. The van der Waals surface area contributed by atoms with Crippen molar-refractivity contribution in [3.05, 3.63) is 102 Å². The number of anilines is 1. The fourth-order valence-electron chi connectivity index (χ4n) is 2.72. The average molecular weight is 342 g/mol. The molecule has 3 aromatic rings. The van der Waals surface area contributed by atoms with Gasteiger partial charge in [0.2, 0.25) is 0 Å². The maximum absolute atomic E-state index is 12.3. The Morgan fingerprint density at radius 1 is 0.692 bits per heavy atom. The number of Topliss-reactive ketones (excluding diaryl/α,β-unsaturated/α-hetero) is 1. The average Bonchev–Trinajstić information content (AvgIpc) is 2.72. The van der Waals surface area contributed by atoms with E-state index in [0.717, 1.165) is 35.4 Å². The summed E-state index contributed by atoms with van der Waals surface area (Å²) in [5.41, 5.74) is 6.86. The van der Waals surface area contributed by atoms with Crippen LogP contribution in [-0.4, -0.2) is 11.5 Å². The molecule has 130 valence electrons. The van der Waals surface area contributed by atoms with E-state index in [2.05, 4.69) is 10.5 Å². The zero-order valence-electron chi connectivity index (χ0n) is 14.6. The predicted molar refractivity (Wildman–Crippen MR) is 108 cm³/mol. The van der Waals surface area contributed by atoms with Crippen LogP contribution in [0.15, 0.2) is 96.1 Å². The lowest BCUT2D eigenvalue weighted by Crippen LogP contribution is -2.06. The minimum atomic E-state index is 0.175. The van der Waals surface area contributed by atoms with Crippen LogP contribution in [0.5, 0.6) is 0 Å². The number of hydrogen-bond acceptors (Lipinski definition) is 3. The number of para-hydroxylation sites is 1. The Hall–Kier alpha value is -3.20. The second-order valence-corrected chi connectivity index (χ2v) is 6.05. The highest BCUT2D eigenvalue weighted by Crippen LogP contribution is 2.13. The number of hydrazone groups is 1. The Balaban J connectivity index is 1.65. The lowest BCUT2D eigenvalue weighted by Gasteiger charge is -2.08. The molecule has 0 aliphatic rings.